The molecule has 1 aliphatic rings. The van der Waals surface area contributed by atoms with Crippen molar-refractivity contribution in [1.29, 1.82) is 0 Å². The Labute approximate surface area is 131 Å². The minimum absolute atomic E-state index is 0.0400. The number of carbonyl (C=O) groups is 2. The molecule has 0 saturated carbocycles. The molecule has 1 saturated heterocycles. The van der Waals surface area contributed by atoms with Gasteiger partial charge in [0, 0.05) is 19.2 Å². The molecule has 1 aromatic rings. The number of hydrogen-bond donors (Lipinski definition) is 1. The maximum atomic E-state index is 12.2. The number of nitrogens with one attached hydrogen (secondary N) is 1. The quantitative estimate of drug-likeness (QED) is 0.908. The van der Waals surface area contributed by atoms with Gasteiger partial charge in [-0.2, -0.15) is 0 Å². The third kappa shape index (κ3) is 3.78. The van der Waals surface area contributed by atoms with Crippen LogP contribution in [-0.4, -0.2) is 36.6 Å². The van der Waals surface area contributed by atoms with Crippen LogP contribution in [0.1, 0.15) is 43.7 Å². The lowest BCUT2D eigenvalue weighted by molar-refractivity contribution is -0.116. The van der Waals surface area contributed by atoms with Crippen LogP contribution in [0.3, 0.4) is 0 Å². The summed E-state index contributed by atoms with van der Waals surface area (Å²) < 4.78 is 5.17. The zero-order valence-corrected chi connectivity index (χ0v) is 13.7. The van der Waals surface area contributed by atoms with E-state index in [9.17, 15) is 9.59 Å². The third-order valence-corrected chi connectivity index (χ3v) is 3.94. The molecule has 0 spiro atoms. The summed E-state index contributed by atoms with van der Waals surface area (Å²) in [4.78, 5) is 25.0. The van der Waals surface area contributed by atoms with Crippen molar-refractivity contribution in [3.05, 3.63) is 29.3 Å². The van der Waals surface area contributed by atoms with Gasteiger partial charge in [-0.05, 0) is 30.4 Å². The average molecular weight is 304 g/mol. The standard InChI is InChI=1S/C17H24N2O3/c1-11(2)14-7-5-6-12(3)16(14)18-15(20)9-8-13-10-19(4)17(21)22-13/h5-7,11,13H,8-10H2,1-4H3,(H,18,20). The summed E-state index contributed by atoms with van der Waals surface area (Å²) in [7, 11) is 1.70. The van der Waals surface area contributed by atoms with Gasteiger partial charge in [0.25, 0.3) is 0 Å². The average Bonchev–Trinajstić information content (AvgIpc) is 2.77. The molecule has 22 heavy (non-hydrogen) atoms. The van der Waals surface area contributed by atoms with Gasteiger partial charge in [0.1, 0.15) is 6.10 Å². The minimum atomic E-state index is -0.314. The van der Waals surface area contributed by atoms with Crippen LogP contribution in [-0.2, 0) is 9.53 Å². The minimum Gasteiger partial charge on any atom is -0.444 e. The van der Waals surface area contributed by atoms with Crippen molar-refractivity contribution in [3.63, 3.8) is 0 Å². The van der Waals surface area contributed by atoms with Gasteiger partial charge in [-0.15, -0.1) is 0 Å². The molecule has 0 aromatic heterocycles. The molecule has 1 unspecified atom stereocenters. The van der Waals surface area contributed by atoms with Crippen molar-refractivity contribution < 1.29 is 14.3 Å². The predicted octanol–water partition coefficient (Wildman–Crippen LogP) is 3.29. The lowest BCUT2D eigenvalue weighted by atomic mass is 9.98. The topological polar surface area (TPSA) is 58.6 Å². The number of aryl methyl sites for hydroxylation is 1. The van der Waals surface area contributed by atoms with E-state index in [4.69, 9.17) is 4.74 Å². The molecule has 1 heterocycles. The number of carbonyl (C=O) groups excluding carboxylic acids is 2. The number of hydrogen-bond acceptors (Lipinski definition) is 3. The van der Waals surface area contributed by atoms with Gasteiger partial charge < -0.3 is 15.0 Å². The van der Waals surface area contributed by atoms with E-state index >= 15 is 0 Å². The predicted molar refractivity (Wildman–Crippen MR) is 86.0 cm³/mol. The van der Waals surface area contributed by atoms with E-state index < -0.39 is 0 Å². The maximum Gasteiger partial charge on any atom is 0.409 e. The molecule has 1 aliphatic heterocycles. The van der Waals surface area contributed by atoms with E-state index in [2.05, 4.69) is 19.2 Å². The van der Waals surface area contributed by atoms with Crippen LogP contribution in [0.4, 0.5) is 10.5 Å². The Morgan fingerprint density at radius 1 is 1.45 bits per heavy atom. The van der Waals surface area contributed by atoms with Gasteiger partial charge >= 0.3 is 6.09 Å². The monoisotopic (exact) mass is 304 g/mol. The first-order valence-corrected chi connectivity index (χ1v) is 7.69. The maximum absolute atomic E-state index is 12.2. The Balaban J connectivity index is 1.94. The summed E-state index contributed by atoms with van der Waals surface area (Å²) in [6.45, 7) is 6.76. The first-order chi connectivity index (χ1) is 10.4. The molecule has 0 aliphatic carbocycles. The van der Waals surface area contributed by atoms with Crippen molar-refractivity contribution in [3.8, 4) is 0 Å². The van der Waals surface area contributed by atoms with Crippen molar-refractivity contribution in [2.45, 2.75) is 45.6 Å². The van der Waals surface area contributed by atoms with E-state index in [1.807, 2.05) is 25.1 Å². The highest BCUT2D eigenvalue weighted by Gasteiger charge is 2.28. The van der Waals surface area contributed by atoms with E-state index in [1.165, 1.54) is 4.90 Å². The number of amides is 2. The second-order valence-corrected chi connectivity index (χ2v) is 6.17. The van der Waals surface area contributed by atoms with Gasteiger partial charge in [0.15, 0.2) is 0 Å². The van der Waals surface area contributed by atoms with Gasteiger partial charge in [-0.25, -0.2) is 4.79 Å². The first kappa shape index (κ1) is 16.3. The van der Waals surface area contributed by atoms with Gasteiger partial charge in [-0.3, -0.25) is 4.79 Å². The number of rotatable bonds is 5. The molecule has 1 fully saturated rings. The Hall–Kier alpha value is -2.04. The number of cyclic esters (lactones) is 1. The second kappa shape index (κ2) is 6.81. The van der Waals surface area contributed by atoms with Crippen LogP contribution in [0.15, 0.2) is 18.2 Å². The zero-order chi connectivity index (χ0) is 16.3. The molecule has 2 amide bonds. The molecular formula is C17H24N2O3. The molecule has 0 bridgehead atoms. The highest BCUT2D eigenvalue weighted by Crippen LogP contribution is 2.27. The molecular weight excluding hydrogens is 280 g/mol. The number of nitrogens with zero attached hydrogens (tertiary/aromatic N) is 1. The third-order valence-electron chi connectivity index (χ3n) is 3.94. The van der Waals surface area contributed by atoms with E-state index in [-0.39, 0.29) is 18.1 Å². The Bertz CT molecular complexity index is 569. The molecule has 2 rings (SSSR count). The lowest BCUT2D eigenvalue weighted by Gasteiger charge is -2.16. The van der Waals surface area contributed by atoms with Crippen LogP contribution in [0.25, 0.3) is 0 Å². The van der Waals surface area contributed by atoms with Crippen molar-refractivity contribution >= 4 is 17.7 Å². The van der Waals surface area contributed by atoms with Crippen molar-refractivity contribution in [2.75, 3.05) is 18.9 Å². The van der Waals surface area contributed by atoms with Gasteiger partial charge in [0.2, 0.25) is 5.91 Å². The molecule has 1 N–H and O–H groups in total. The van der Waals surface area contributed by atoms with Gasteiger partial charge in [0.05, 0.1) is 6.54 Å². The number of anilines is 1. The number of benzene rings is 1. The number of likely N-dealkylation sites (N-methyl/N-ethyl adjacent to an activating group) is 1. The highest BCUT2D eigenvalue weighted by atomic mass is 16.6. The summed E-state index contributed by atoms with van der Waals surface area (Å²) in [5, 5.41) is 3.01. The number of ether oxygens (including phenoxy) is 1. The van der Waals surface area contributed by atoms with Crippen LogP contribution < -0.4 is 5.32 Å². The second-order valence-electron chi connectivity index (χ2n) is 6.17. The summed E-state index contributed by atoms with van der Waals surface area (Å²) >= 11 is 0. The normalized spacial score (nSPS) is 17.8. The molecule has 1 atom stereocenters. The largest absolute Gasteiger partial charge is 0.444 e. The summed E-state index contributed by atoms with van der Waals surface area (Å²) in [6.07, 6.45) is 0.388. The Kier molecular flexibility index (Phi) is 5.06. The first-order valence-electron chi connectivity index (χ1n) is 7.69. The van der Waals surface area contributed by atoms with Crippen molar-refractivity contribution in [1.82, 2.24) is 4.90 Å². The fourth-order valence-corrected chi connectivity index (χ4v) is 2.64. The Morgan fingerprint density at radius 2 is 2.18 bits per heavy atom. The van der Waals surface area contributed by atoms with Crippen molar-refractivity contribution in [2.24, 2.45) is 0 Å². The van der Waals surface area contributed by atoms with Crippen LogP contribution >= 0.6 is 0 Å². The SMILES string of the molecule is Cc1cccc(C(C)C)c1NC(=O)CCC1CN(C)C(=O)O1. The smallest absolute Gasteiger partial charge is 0.409 e. The molecule has 0 radical (unpaired) electrons. The summed E-state index contributed by atoms with van der Waals surface area (Å²) in [6, 6.07) is 6.05. The van der Waals surface area contributed by atoms with E-state index in [0.29, 0.717) is 25.3 Å². The summed E-state index contributed by atoms with van der Waals surface area (Å²) in [5.74, 6) is 0.307. The van der Waals surface area contributed by atoms with E-state index in [1.54, 1.807) is 7.05 Å². The van der Waals surface area contributed by atoms with E-state index in [0.717, 1.165) is 16.8 Å². The molecule has 5 heteroatoms. The molecule has 1 aromatic carbocycles. The van der Waals surface area contributed by atoms with Gasteiger partial charge in [-0.1, -0.05) is 32.0 Å². The lowest BCUT2D eigenvalue weighted by Crippen LogP contribution is -2.21. The number of para-hydroxylation sites is 1. The van der Waals surface area contributed by atoms with Crippen LogP contribution in [0.5, 0.6) is 0 Å². The fraction of sp³-hybridized carbons (Fsp3) is 0.529. The summed E-state index contributed by atoms with van der Waals surface area (Å²) in [5.41, 5.74) is 3.11. The zero-order valence-electron chi connectivity index (χ0n) is 13.7. The Morgan fingerprint density at radius 3 is 2.77 bits per heavy atom. The molecule has 5 nitrogen and oxygen atoms in total. The highest BCUT2D eigenvalue weighted by molar-refractivity contribution is 5.92. The van der Waals surface area contributed by atoms with Crippen LogP contribution in [0.2, 0.25) is 0 Å². The van der Waals surface area contributed by atoms with Crippen LogP contribution in [0, 0.1) is 6.92 Å². The fourth-order valence-electron chi connectivity index (χ4n) is 2.64. The molecule has 120 valence electrons.